The summed E-state index contributed by atoms with van der Waals surface area (Å²) < 4.78 is 10.1. The first kappa shape index (κ1) is 7.53. The molecule has 2 aliphatic rings. The van der Waals surface area contributed by atoms with E-state index in [1.807, 2.05) is 6.92 Å². The SMILES string of the molecule is CC(O)(CC1CO1)CC1CO1. The van der Waals surface area contributed by atoms with Crippen molar-refractivity contribution in [2.75, 3.05) is 13.2 Å². The number of hydrogen-bond acceptors (Lipinski definition) is 3. The molecule has 2 aliphatic heterocycles. The van der Waals surface area contributed by atoms with Crippen LogP contribution >= 0.6 is 0 Å². The summed E-state index contributed by atoms with van der Waals surface area (Å²) in [4.78, 5) is 0. The Morgan fingerprint density at radius 2 is 1.64 bits per heavy atom. The highest BCUT2D eigenvalue weighted by Crippen LogP contribution is 2.29. The van der Waals surface area contributed by atoms with Crippen molar-refractivity contribution < 1.29 is 14.6 Å². The summed E-state index contributed by atoms with van der Waals surface area (Å²) in [5, 5.41) is 9.78. The molecule has 1 N–H and O–H groups in total. The van der Waals surface area contributed by atoms with Crippen molar-refractivity contribution in [2.45, 2.75) is 37.6 Å². The number of rotatable bonds is 4. The van der Waals surface area contributed by atoms with Crippen molar-refractivity contribution >= 4 is 0 Å². The van der Waals surface area contributed by atoms with Gasteiger partial charge in [0.1, 0.15) is 0 Å². The zero-order valence-corrected chi connectivity index (χ0v) is 6.75. The van der Waals surface area contributed by atoms with E-state index in [-0.39, 0.29) is 0 Å². The monoisotopic (exact) mass is 158 g/mol. The van der Waals surface area contributed by atoms with Gasteiger partial charge in [0.25, 0.3) is 0 Å². The third-order valence-electron chi connectivity index (χ3n) is 2.14. The maximum atomic E-state index is 9.78. The Bertz CT molecular complexity index is 131. The molecular formula is C8H14O3. The molecule has 64 valence electrons. The lowest BCUT2D eigenvalue weighted by molar-refractivity contribution is 0.0275. The standard InChI is InChI=1S/C8H14O3/c1-8(9,2-6-4-10-6)3-7-5-11-7/h6-7,9H,2-5H2,1H3. The van der Waals surface area contributed by atoms with Crippen LogP contribution in [-0.2, 0) is 9.47 Å². The molecular weight excluding hydrogens is 144 g/mol. The number of aliphatic hydroxyl groups is 1. The van der Waals surface area contributed by atoms with Crippen LogP contribution in [0.3, 0.4) is 0 Å². The molecule has 3 nitrogen and oxygen atoms in total. The van der Waals surface area contributed by atoms with Crippen molar-refractivity contribution in [1.29, 1.82) is 0 Å². The summed E-state index contributed by atoms with van der Waals surface area (Å²) in [6, 6.07) is 0. The van der Waals surface area contributed by atoms with Crippen LogP contribution in [0.5, 0.6) is 0 Å². The minimum absolute atomic E-state index is 0.309. The van der Waals surface area contributed by atoms with Gasteiger partial charge in [0.05, 0.1) is 31.0 Å². The molecule has 2 fully saturated rings. The third-order valence-corrected chi connectivity index (χ3v) is 2.14. The largest absolute Gasteiger partial charge is 0.390 e. The van der Waals surface area contributed by atoms with Gasteiger partial charge >= 0.3 is 0 Å². The van der Waals surface area contributed by atoms with E-state index in [0.717, 1.165) is 26.1 Å². The van der Waals surface area contributed by atoms with Crippen molar-refractivity contribution in [3.63, 3.8) is 0 Å². The summed E-state index contributed by atoms with van der Waals surface area (Å²) in [5.74, 6) is 0. The lowest BCUT2D eigenvalue weighted by atomic mass is 9.95. The Morgan fingerprint density at radius 1 is 1.27 bits per heavy atom. The van der Waals surface area contributed by atoms with Crippen LogP contribution in [0.15, 0.2) is 0 Å². The molecule has 2 atom stereocenters. The minimum atomic E-state index is -0.581. The molecule has 2 saturated heterocycles. The Labute approximate surface area is 66.3 Å². The molecule has 0 aromatic rings. The lowest BCUT2D eigenvalue weighted by Gasteiger charge is -2.20. The van der Waals surface area contributed by atoms with Crippen LogP contribution in [0.1, 0.15) is 19.8 Å². The number of ether oxygens (including phenoxy) is 2. The van der Waals surface area contributed by atoms with Crippen molar-refractivity contribution in [1.82, 2.24) is 0 Å². The van der Waals surface area contributed by atoms with Gasteiger partial charge in [0, 0.05) is 12.8 Å². The molecule has 0 bridgehead atoms. The molecule has 0 radical (unpaired) electrons. The summed E-state index contributed by atoms with van der Waals surface area (Å²) in [7, 11) is 0. The molecule has 2 rings (SSSR count). The van der Waals surface area contributed by atoms with Gasteiger partial charge in [-0.2, -0.15) is 0 Å². The van der Waals surface area contributed by atoms with Gasteiger partial charge in [-0.15, -0.1) is 0 Å². The van der Waals surface area contributed by atoms with Crippen molar-refractivity contribution in [2.24, 2.45) is 0 Å². The fraction of sp³-hybridized carbons (Fsp3) is 1.00. The normalized spacial score (nSPS) is 39.8. The second kappa shape index (κ2) is 2.44. The molecule has 0 saturated carbocycles. The summed E-state index contributed by atoms with van der Waals surface area (Å²) in [6.45, 7) is 3.50. The molecule has 11 heavy (non-hydrogen) atoms. The highest BCUT2D eigenvalue weighted by molar-refractivity contribution is 4.87. The fourth-order valence-corrected chi connectivity index (χ4v) is 1.44. The molecule has 0 spiro atoms. The minimum Gasteiger partial charge on any atom is -0.390 e. The quantitative estimate of drug-likeness (QED) is 0.599. The van der Waals surface area contributed by atoms with E-state index in [1.54, 1.807) is 0 Å². The zero-order chi connectivity index (χ0) is 7.90. The first-order chi connectivity index (χ1) is 5.16. The molecule has 0 amide bonds. The van der Waals surface area contributed by atoms with Gasteiger partial charge in [0.2, 0.25) is 0 Å². The zero-order valence-electron chi connectivity index (χ0n) is 6.75. The summed E-state index contributed by atoms with van der Waals surface area (Å²) in [5.41, 5.74) is -0.581. The molecule has 0 aliphatic carbocycles. The van der Waals surface area contributed by atoms with E-state index in [9.17, 15) is 5.11 Å². The van der Waals surface area contributed by atoms with Crippen LogP contribution in [0.4, 0.5) is 0 Å². The van der Waals surface area contributed by atoms with Gasteiger partial charge < -0.3 is 14.6 Å². The summed E-state index contributed by atoms with van der Waals surface area (Å²) in [6.07, 6.45) is 2.13. The van der Waals surface area contributed by atoms with E-state index < -0.39 is 5.60 Å². The maximum absolute atomic E-state index is 9.78. The molecule has 2 heterocycles. The van der Waals surface area contributed by atoms with E-state index in [4.69, 9.17) is 9.47 Å². The Morgan fingerprint density at radius 3 is 1.91 bits per heavy atom. The summed E-state index contributed by atoms with van der Waals surface area (Å²) >= 11 is 0. The van der Waals surface area contributed by atoms with E-state index >= 15 is 0 Å². The van der Waals surface area contributed by atoms with Gasteiger partial charge in [-0.05, 0) is 6.92 Å². The first-order valence-corrected chi connectivity index (χ1v) is 4.11. The highest BCUT2D eigenvalue weighted by atomic mass is 16.6. The van der Waals surface area contributed by atoms with E-state index in [1.165, 1.54) is 0 Å². The van der Waals surface area contributed by atoms with Crippen LogP contribution in [0.2, 0.25) is 0 Å². The molecule has 0 aromatic carbocycles. The van der Waals surface area contributed by atoms with Gasteiger partial charge in [-0.25, -0.2) is 0 Å². The van der Waals surface area contributed by atoms with Gasteiger partial charge in [-0.1, -0.05) is 0 Å². The predicted molar refractivity (Wildman–Crippen MR) is 39.3 cm³/mol. The predicted octanol–water partition coefficient (Wildman–Crippen LogP) is 0.315. The average molecular weight is 158 g/mol. The third kappa shape index (κ3) is 2.43. The number of hydrogen-bond donors (Lipinski definition) is 1. The van der Waals surface area contributed by atoms with Crippen molar-refractivity contribution in [3.8, 4) is 0 Å². The van der Waals surface area contributed by atoms with Crippen LogP contribution in [-0.4, -0.2) is 36.1 Å². The van der Waals surface area contributed by atoms with Gasteiger partial charge in [-0.3, -0.25) is 0 Å². The maximum Gasteiger partial charge on any atom is 0.0837 e. The Hall–Kier alpha value is -0.120. The second-order valence-corrected chi connectivity index (χ2v) is 3.82. The second-order valence-electron chi connectivity index (χ2n) is 3.82. The molecule has 3 heteroatoms. The molecule has 0 aromatic heterocycles. The van der Waals surface area contributed by atoms with Crippen LogP contribution < -0.4 is 0 Å². The highest BCUT2D eigenvalue weighted by Gasteiger charge is 2.37. The van der Waals surface area contributed by atoms with E-state index in [0.29, 0.717) is 12.2 Å². The first-order valence-electron chi connectivity index (χ1n) is 4.11. The number of epoxide rings is 2. The van der Waals surface area contributed by atoms with Crippen molar-refractivity contribution in [3.05, 3.63) is 0 Å². The van der Waals surface area contributed by atoms with E-state index in [2.05, 4.69) is 0 Å². The topological polar surface area (TPSA) is 45.3 Å². The fourth-order valence-electron chi connectivity index (χ4n) is 1.44. The Kier molecular flexibility index (Phi) is 1.67. The van der Waals surface area contributed by atoms with Crippen LogP contribution in [0, 0.1) is 0 Å². The Balaban J connectivity index is 1.75. The smallest absolute Gasteiger partial charge is 0.0837 e. The lowest BCUT2D eigenvalue weighted by Crippen LogP contribution is -2.28. The average Bonchev–Trinajstić information content (AvgIpc) is 2.60. The van der Waals surface area contributed by atoms with Crippen LogP contribution in [0.25, 0.3) is 0 Å². The van der Waals surface area contributed by atoms with Gasteiger partial charge in [0.15, 0.2) is 0 Å². The molecule has 2 unspecified atom stereocenters.